The summed E-state index contributed by atoms with van der Waals surface area (Å²) in [5.74, 6) is 0. The zero-order chi connectivity index (χ0) is 3.58. The summed E-state index contributed by atoms with van der Waals surface area (Å²) >= 11 is -3.29. The Morgan fingerprint density at radius 2 is 1.14 bits per heavy atom. The van der Waals surface area contributed by atoms with Crippen LogP contribution < -0.4 is 0 Å². The summed E-state index contributed by atoms with van der Waals surface area (Å²) in [6, 6.07) is 0. The van der Waals surface area contributed by atoms with Crippen molar-refractivity contribution in [3.05, 3.63) is 0 Å². The van der Waals surface area contributed by atoms with E-state index in [9.17, 15) is 0 Å². The van der Waals surface area contributed by atoms with E-state index in [1.807, 2.05) is 0 Å². The second-order valence-corrected chi connectivity index (χ2v) is 1.20. The number of hydrogen-bond donors (Lipinski definition) is 2. The van der Waals surface area contributed by atoms with Crippen LogP contribution in [0.5, 0.6) is 0 Å². The van der Waals surface area contributed by atoms with Crippen molar-refractivity contribution in [2.75, 3.05) is 0 Å². The summed E-state index contributed by atoms with van der Waals surface area (Å²) in [4.78, 5) is 0. The van der Waals surface area contributed by atoms with E-state index in [2.05, 4.69) is 0 Å². The summed E-state index contributed by atoms with van der Waals surface area (Å²) in [6.45, 7) is 0. The Bertz CT molecular complexity index is 35.9. The third-order valence-electron chi connectivity index (χ3n) is 0. The normalized spacial score (nSPS) is 5.00. The van der Waals surface area contributed by atoms with E-state index in [4.69, 9.17) is 12.2 Å². The van der Waals surface area contributed by atoms with Crippen LogP contribution in [0.25, 0.3) is 0 Å². The van der Waals surface area contributed by atoms with Crippen molar-refractivity contribution in [1.29, 1.82) is 0 Å². The molecule has 2 N–H and O–H groups in total. The van der Waals surface area contributed by atoms with E-state index < -0.39 is 14.5 Å². The minimum atomic E-state index is -3.29. The van der Waals surface area contributed by atoms with Gasteiger partial charge in [-0.15, -0.1) is 24.0 Å². The molecule has 0 heterocycles. The molecule has 3 nitrogen and oxygen atoms in total. The second kappa shape index (κ2) is 16.0. The Kier molecular flexibility index (Phi) is 51.4. The Balaban J connectivity index is -0.0000000150. The van der Waals surface area contributed by atoms with Gasteiger partial charge in [-0.05, 0) is 0 Å². The van der Waals surface area contributed by atoms with Crippen LogP contribution in [0.1, 0.15) is 0 Å². The van der Waals surface area contributed by atoms with Gasteiger partial charge in [-0.3, -0.25) is 0 Å². The fraction of sp³-hybridized carbons (Fsp3) is 0. The van der Waals surface area contributed by atoms with Gasteiger partial charge < -0.3 is 0 Å². The maximum absolute atomic E-state index is 8.76. The molecule has 0 unspecified atom stereocenters. The van der Waals surface area contributed by atoms with Crippen molar-refractivity contribution >= 4 is 97.6 Å². The maximum atomic E-state index is 8.76. The zero-order valence-corrected chi connectivity index (χ0v) is 6.16. The molecule has 0 radical (unpaired) electrons. The monoisotopic (exact) mass is 306 g/mol. The van der Waals surface area contributed by atoms with Gasteiger partial charge in [-0.2, -0.15) is 0 Å². The molecule has 0 saturated heterocycles. The standard InChI is InChI=1S/HI.2Na.H2O3Se.2H/c;;;1-4(2)3;;/h1H;;;(H2,1,2,3);;. The van der Waals surface area contributed by atoms with Gasteiger partial charge in [-0.25, -0.2) is 0 Å². The van der Waals surface area contributed by atoms with Crippen molar-refractivity contribution in [2.45, 2.75) is 0 Å². The van der Waals surface area contributed by atoms with E-state index in [-0.39, 0.29) is 83.1 Å². The van der Waals surface area contributed by atoms with E-state index in [1.165, 1.54) is 0 Å². The molecule has 0 aliphatic carbocycles. The third-order valence-corrected chi connectivity index (χ3v) is 0. The molecule has 0 aromatic rings. The van der Waals surface area contributed by atoms with Crippen molar-refractivity contribution in [1.82, 2.24) is 0 Å². The van der Waals surface area contributed by atoms with E-state index in [1.54, 1.807) is 0 Å². The average molecular weight is 305 g/mol. The van der Waals surface area contributed by atoms with Crippen LogP contribution >= 0.6 is 24.0 Å². The van der Waals surface area contributed by atoms with Gasteiger partial charge in [0.1, 0.15) is 0 Å². The van der Waals surface area contributed by atoms with Gasteiger partial charge in [0, 0.05) is 0 Å². The van der Waals surface area contributed by atoms with Gasteiger partial charge in [-0.1, -0.05) is 0 Å². The van der Waals surface area contributed by atoms with Crippen LogP contribution in [0.3, 0.4) is 0 Å². The van der Waals surface area contributed by atoms with E-state index >= 15 is 0 Å². The summed E-state index contributed by atoms with van der Waals surface area (Å²) in [6.07, 6.45) is 0. The van der Waals surface area contributed by atoms with Crippen molar-refractivity contribution in [3.8, 4) is 0 Å². The van der Waals surface area contributed by atoms with E-state index in [0.29, 0.717) is 0 Å². The second-order valence-electron chi connectivity index (χ2n) is 0.231. The van der Waals surface area contributed by atoms with Crippen molar-refractivity contribution in [3.63, 3.8) is 0 Å². The fourth-order valence-electron chi connectivity index (χ4n) is 0. The number of rotatable bonds is 0. The van der Waals surface area contributed by atoms with Crippen LogP contribution in [0.4, 0.5) is 0 Å². The molecule has 7 heavy (non-hydrogen) atoms. The van der Waals surface area contributed by atoms with E-state index in [0.717, 1.165) is 0 Å². The van der Waals surface area contributed by atoms with Crippen molar-refractivity contribution < 1.29 is 12.2 Å². The van der Waals surface area contributed by atoms with Crippen LogP contribution in [-0.2, 0) is 3.83 Å². The average Bonchev–Trinajstić information content (AvgIpc) is 0.811. The molecule has 7 heteroatoms. The SMILES string of the molecule is I.O=[Se](O)O.[NaH].[NaH]. The predicted octanol–water partition coefficient (Wildman–Crippen LogP) is -2.29. The Morgan fingerprint density at radius 1 is 1.14 bits per heavy atom. The molecule has 0 amide bonds. The summed E-state index contributed by atoms with van der Waals surface area (Å²) in [5, 5.41) is 0. The summed E-state index contributed by atoms with van der Waals surface area (Å²) in [7, 11) is 0. The molecule has 0 atom stereocenters. The van der Waals surface area contributed by atoms with Crippen LogP contribution in [-0.4, -0.2) is 82.0 Å². The fourth-order valence-corrected chi connectivity index (χ4v) is 0. The first-order valence-electron chi connectivity index (χ1n) is 0.532. The zero-order valence-electron chi connectivity index (χ0n) is 2.12. The Morgan fingerprint density at radius 3 is 1.14 bits per heavy atom. The molecule has 0 fully saturated rings. The van der Waals surface area contributed by atoms with Gasteiger partial charge >= 0.3 is 85.8 Å². The van der Waals surface area contributed by atoms with Gasteiger partial charge in [0.15, 0.2) is 0 Å². The molecule has 0 aliphatic heterocycles. The molecular weight excluding hydrogens is 300 g/mol. The topological polar surface area (TPSA) is 57.5 Å². The van der Waals surface area contributed by atoms with Crippen molar-refractivity contribution in [2.24, 2.45) is 0 Å². The minimum absolute atomic E-state index is 0. The summed E-state index contributed by atoms with van der Waals surface area (Å²) in [5.41, 5.74) is 0. The molecule has 0 rings (SSSR count). The molecule has 38 valence electrons. The molecule has 0 spiro atoms. The summed E-state index contributed by atoms with van der Waals surface area (Å²) < 4.78 is 23.1. The first kappa shape index (κ1) is 22.5. The molecule has 0 saturated carbocycles. The Hall–Kier alpha value is 2.97. The molecule has 0 aromatic carbocycles. The third kappa shape index (κ3) is 49.4. The molecular formula is H5INa2O3Se. The molecule has 0 aromatic heterocycles. The van der Waals surface area contributed by atoms with Gasteiger partial charge in [0.05, 0.1) is 0 Å². The quantitative estimate of drug-likeness (QED) is 0.391. The van der Waals surface area contributed by atoms with Crippen LogP contribution in [0.15, 0.2) is 0 Å². The van der Waals surface area contributed by atoms with Crippen LogP contribution in [0.2, 0.25) is 0 Å². The first-order valence-corrected chi connectivity index (χ1v) is 2.76. The predicted molar refractivity (Wildman–Crippen MR) is 40.6 cm³/mol. The van der Waals surface area contributed by atoms with Crippen LogP contribution in [0, 0.1) is 0 Å². The number of halogens is 1. The molecule has 0 aliphatic rings. The molecule has 0 bridgehead atoms. The number of hydrogen-bond acceptors (Lipinski definition) is 1. The van der Waals surface area contributed by atoms with Gasteiger partial charge in [0.2, 0.25) is 0 Å². The van der Waals surface area contributed by atoms with Gasteiger partial charge in [0.25, 0.3) is 0 Å². The Labute approximate surface area is 108 Å². The first-order chi connectivity index (χ1) is 1.73.